The van der Waals surface area contributed by atoms with Crippen molar-refractivity contribution in [3.63, 3.8) is 0 Å². The number of nitrogens with two attached hydrogens (primary N) is 1. The number of imidazole rings is 1. The van der Waals surface area contributed by atoms with Crippen LogP contribution in [0, 0.1) is 10.1 Å². The molecule has 0 aliphatic carbocycles. The predicted molar refractivity (Wildman–Crippen MR) is 100 cm³/mol. The molecule has 9 nitrogen and oxygen atoms in total. The number of halogens is 1. The second kappa shape index (κ2) is 7.65. The first-order valence-electron chi connectivity index (χ1n) is 8.05. The van der Waals surface area contributed by atoms with Crippen molar-refractivity contribution in [3.8, 4) is 6.01 Å². The third kappa shape index (κ3) is 3.74. The van der Waals surface area contributed by atoms with Gasteiger partial charge >= 0.3 is 6.01 Å². The quantitative estimate of drug-likeness (QED) is 0.269. The molecule has 0 spiro atoms. The Labute approximate surface area is 157 Å². The summed E-state index contributed by atoms with van der Waals surface area (Å²) in [5.41, 5.74) is 7.90. The Morgan fingerprint density at radius 2 is 2.00 bits per heavy atom. The second-order valence-corrected chi connectivity index (χ2v) is 6.37. The van der Waals surface area contributed by atoms with Crippen LogP contribution in [0.4, 0.5) is 11.5 Å². The first-order valence-corrected chi connectivity index (χ1v) is 8.84. The zero-order valence-corrected chi connectivity index (χ0v) is 15.6. The molecular formula is C16H17BrN6O3. The minimum absolute atomic E-state index is 0.0430. The molecule has 0 saturated carbocycles. The van der Waals surface area contributed by atoms with Crippen molar-refractivity contribution in [3.05, 3.63) is 44.7 Å². The van der Waals surface area contributed by atoms with E-state index in [2.05, 4.69) is 37.8 Å². The summed E-state index contributed by atoms with van der Waals surface area (Å²) in [4.78, 5) is 23.3. The third-order valence-electron chi connectivity index (χ3n) is 3.77. The van der Waals surface area contributed by atoms with Gasteiger partial charge in [0.1, 0.15) is 0 Å². The van der Waals surface area contributed by atoms with Crippen molar-refractivity contribution in [1.29, 1.82) is 0 Å². The van der Waals surface area contributed by atoms with Gasteiger partial charge in [-0.15, -0.1) is 0 Å². The fourth-order valence-corrected chi connectivity index (χ4v) is 2.86. The van der Waals surface area contributed by atoms with Gasteiger partial charge in [-0.1, -0.05) is 25.5 Å². The predicted octanol–water partition coefficient (Wildman–Crippen LogP) is 3.31. The first-order chi connectivity index (χ1) is 12.5. The van der Waals surface area contributed by atoms with Gasteiger partial charge in [0, 0.05) is 12.1 Å². The van der Waals surface area contributed by atoms with Crippen LogP contribution in [-0.2, 0) is 6.54 Å². The summed E-state index contributed by atoms with van der Waals surface area (Å²) in [6.45, 7) is 3.00. The molecule has 0 unspecified atom stereocenters. The standard InChI is InChI=1S/C16H17BrN6O3/c1-2-3-8-26-16-20-13(18)12-14(21-16)22(15(17)19-12)9-10-4-6-11(7-5-10)23(24)25/h4-7H,2-3,8-9H2,1H3,(H2,18,20,21). The molecule has 0 radical (unpaired) electrons. The highest BCUT2D eigenvalue weighted by Crippen LogP contribution is 2.26. The van der Waals surface area contributed by atoms with E-state index in [1.54, 1.807) is 16.7 Å². The van der Waals surface area contributed by atoms with E-state index in [-0.39, 0.29) is 17.5 Å². The second-order valence-electron chi connectivity index (χ2n) is 5.66. The van der Waals surface area contributed by atoms with Crippen LogP contribution >= 0.6 is 15.9 Å². The number of anilines is 1. The number of non-ortho nitro benzene ring substituents is 1. The van der Waals surface area contributed by atoms with Crippen molar-refractivity contribution in [2.45, 2.75) is 26.3 Å². The maximum atomic E-state index is 10.8. The molecule has 26 heavy (non-hydrogen) atoms. The topological polar surface area (TPSA) is 122 Å². The first kappa shape index (κ1) is 18.1. The number of nitrogens with zero attached hydrogens (tertiary/aromatic N) is 5. The van der Waals surface area contributed by atoms with Crippen LogP contribution in [0.3, 0.4) is 0 Å². The van der Waals surface area contributed by atoms with Crippen molar-refractivity contribution in [2.75, 3.05) is 12.3 Å². The van der Waals surface area contributed by atoms with Gasteiger partial charge < -0.3 is 10.5 Å². The summed E-state index contributed by atoms with van der Waals surface area (Å²) in [5.74, 6) is 0.240. The number of unbranched alkanes of at least 4 members (excludes halogenated alkanes) is 1. The van der Waals surface area contributed by atoms with E-state index in [9.17, 15) is 10.1 Å². The number of fused-ring (bicyclic) bond motifs is 1. The van der Waals surface area contributed by atoms with Crippen molar-refractivity contribution < 1.29 is 9.66 Å². The molecule has 3 aromatic rings. The lowest BCUT2D eigenvalue weighted by atomic mass is 10.2. The molecule has 136 valence electrons. The number of hydrogen-bond donors (Lipinski definition) is 1. The van der Waals surface area contributed by atoms with Gasteiger partial charge in [-0.2, -0.15) is 9.97 Å². The summed E-state index contributed by atoms with van der Waals surface area (Å²) in [7, 11) is 0. The third-order valence-corrected chi connectivity index (χ3v) is 4.38. The Bertz CT molecular complexity index is 941. The van der Waals surface area contributed by atoms with Crippen LogP contribution in [0.5, 0.6) is 6.01 Å². The molecule has 0 atom stereocenters. The van der Waals surface area contributed by atoms with Crippen LogP contribution in [0.2, 0.25) is 0 Å². The number of benzene rings is 1. The molecule has 0 bridgehead atoms. The van der Waals surface area contributed by atoms with Crippen LogP contribution in [0.1, 0.15) is 25.3 Å². The SMILES string of the molecule is CCCCOc1nc(N)c2nc(Br)n(Cc3ccc([N+](=O)[O-])cc3)c2n1. The van der Waals surface area contributed by atoms with Crippen LogP contribution < -0.4 is 10.5 Å². The normalized spacial score (nSPS) is 11.0. The van der Waals surface area contributed by atoms with Crippen molar-refractivity contribution in [1.82, 2.24) is 19.5 Å². The van der Waals surface area contributed by atoms with Crippen LogP contribution in [-0.4, -0.2) is 31.0 Å². The number of nitro benzene ring substituents is 1. The van der Waals surface area contributed by atoms with Crippen LogP contribution in [0.25, 0.3) is 11.2 Å². The van der Waals surface area contributed by atoms with Gasteiger partial charge in [0.05, 0.1) is 18.1 Å². The van der Waals surface area contributed by atoms with Gasteiger partial charge in [0.25, 0.3) is 5.69 Å². The number of ether oxygens (including phenoxy) is 1. The molecule has 0 aliphatic heterocycles. The summed E-state index contributed by atoms with van der Waals surface area (Å²) in [5, 5.41) is 10.8. The maximum absolute atomic E-state index is 10.8. The monoisotopic (exact) mass is 420 g/mol. The lowest BCUT2D eigenvalue weighted by molar-refractivity contribution is -0.384. The van der Waals surface area contributed by atoms with E-state index < -0.39 is 4.92 Å². The number of nitrogen functional groups attached to an aromatic ring is 1. The van der Waals surface area contributed by atoms with E-state index in [0.29, 0.717) is 29.0 Å². The fraction of sp³-hybridized carbons (Fsp3) is 0.312. The highest BCUT2D eigenvalue weighted by molar-refractivity contribution is 9.10. The molecule has 10 heteroatoms. The Balaban J connectivity index is 1.93. The number of nitro groups is 1. The zero-order chi connectivity index (χ0) is 18.7. The number of hydrogen-bond acceptors (Lipinski definition) is 7. The van der Waals surface area contributed by atoms with Gasteiger partial charge in [-0.25, -0.2) is 4.98 Å². The molecule has 2 heterocycles. The van der Waals surface area contributed by atoms with Gasteiger partial charge in [-0.05, 0) is 27.9 Å². The highest BCUT2D eigenvalue weighted by atomic mass is 79.9. The van der Waals surface area contributed by atoms with E-state index in [1.165, 1.54) is 12.1 Å². The molecule has 1 aromatic carbocycles. The summed E-state index contributed by atoms with van der Waals surface area (Å²) < 4.78 is 7.90. The Hall–Kier alpha value is -2.75. The lowest BCUT2D eigenvalue weighted by Crippen LogP contribution is -2.06. The van der Waals surface area contributed by atoms with E-state index in [1.807, 2.05) is 0 Å². The minimum atomic E-state index is -0.430. The van der Waals surface area contributed by atoms with Crippen LogP contribution in [0.15, 0.2) is 29.0 Å². The average molecular weight is 421 g/mol. The lowest BCUT2D eigenvalue weighted by Gasteiger charge is -2.08. The molecule has 2 N–H and O–H groups in total. The van der Waals surface area contributed by atoms with Crippen molar-refractivity contribution in [2.24, 2.45) is 0 Å². The summed E-state index contributed by atoms with van der Waals surface area (Å²) in [6, 6.07) is 6.52. The summed E-state index contributed by atoms with van der Waals surface area (Å²) in [6.07, 6.45) is 1.90. The molecule has 0 saturated heterocycles. The Morgan fingerprint density at radius 3 is 2.65 bits per heavy atom. The van der Waals surface area contributed by atoms with Gasteiger partial charge in [-0.3, -0.25) is 14.7 Å². The smallest absolute Gasteiger partial charge is 0.320 e. The van der Waals surface area contributed by atoms with E-state index in [0.717, 1.165) is 18.4 Å². The Morgan fingerprint density at radius 1 is 1.27 bits per heavy atom. The number of aromatic nitrogens is 4. The molecule has 2 aromatic heterocycles. The van der Waals surface area contributed by atoms with Gasteiger partial charge in [0.2, 0.25) is 0 Å². The van der Waals surface area contributed by atoms with Gasteiger partial charge in [0.15, 0.2) is 21.7 Å². The molecule has 0 fully saturated rings. The maximum Gasteiger partial charge on any atom is 0.320 e. The largest absolute Gasteiger partial charge is 0.463 e. The van der Waals surface area contributed by atoms with Crippen molar-refractivity contribution >= 4 is 38.6 Å². The molecule has 0 aliphatic rings. The average Bonchev–Trinajstić information content (AvgIpc) is 2.92. The summed E-state index contributed by atoms with van der Waals surface area (Å²) >= 11 is 3.41. The van der Waals surface area contributed by atoms with E-state index >= 15 is 0 Å². The minimum Gasteiger partial charge on any atom is -0.463 e. The molecule has 3 rings (SSSR count). The fourth-order valence-electron chi connectivity index (χ4n) is 2.39. The van der Waals surface area contributed by atoms with E-state index in [4.69, 9.17) is 10.5 Å². The molecular weight excluding hydrogens is 404 g/mol. The highest BCUT2D eigenvalue weighted by Gasteiger charge is 2.16. The Kier molecular flexibility index (Phi) is 5.31. The zero-order valence-electron chi connectivity index (χ0n) is 14.1. The molecule has 0 amide bonds. The number of rotatable bonds is 7.